The van der Waals surface area contributed by atoms with E-state index in [1.807, 2.05) is 12.2 Å². The number of hydrogen-bond donors (Lipinski definition) is 1. The second-order valence-electron chi connectivity index (χ2n) is 11.0. The van der Waals surface area contributed by atoms with Gasteiger partial charge in [-0.2, -0.15) is 0 Å². The van der Waals surface area contributed by atoms with Crippen LogP contribution in [0.1, 0.15) is 143 Å². The Hall–Kier alpha value is -1.95. The molecule has 0 bridgehead atoms. The molecular weight excluding hydrogens is 492 g/mol. The van der Waals surface area contributed by atoms with E-state index in [1.165, 1.54) is 25.7 Å². The highest BCUT2D eigenvalue weighted by molar-refractivity contribution is 5.89. The van der Waals surface area contributed by atoms with Crippen LogP contribution in [0.4, 0.5) is 0 Å². The van der Waals surface area contributed by atoms with Crippen molar-refractivity contribution in [2.45, 2.75) is 149 Å². The molecule has 6 heteroatoms. The van der Waals surface area contributed by atoms with Crippen LogP contribution < -0.4 is 0 Å². The van der Waals surface area contributed by atoms with E-state index in [2.05, 4.69) is 26.8 Å². The van der Waals surface area contributed by atoms with Gasteiger partial charge >= 0.3 is 11.9 Å². The normalized spacial score (nSPS) is 12.4. The van der Waals surface area contributed by atoms with Gasteiger partial charge in [-0.1, -0.05) is 110 Å². The number of unbranched alkanes of at least 4 members (excludes halogenated alkanes) is 12. The minimum atomic E-state index is -0.792. The van der Waals surface area contributed by atoms with Gasteiger partial charge < -0.3 is 14.6 Å². The summed E-state index contributed by atoms with van der Waals surface area (Å²) in [6.45, 7) is 6.18. The highest BCUT2D eigenvalue weighted by Gasteiger charge is 2.16. The predicted octanol–water partition coefficient (Wildman–Crippen LogP) is 8.20. The van der Waals surface area contributed by atoms with Gasteiger partial charge in [0.15, 0.2) is 11.9 Å². The van der Waals surface area contributed by atoms with Crippen molar-refractivity contribution in [3.63, 3.8) is 0 Å². The van der Waals surface area contributed by atoms with Gasteiger partial charge in [0.05, 0.1) is 6.61 Å². The van der Waals surface area contributed by atoms with E-state index in [1.54, 1.807) is 6.08 Å². The fraction of sp³-hybridized carbons (Fsp3) is 0.788. The number of aliphatic hydroxyl groups is 1. The molecule has 0 rings (SSSR count). The van der Waals surface area contributed by atoms with E-state index >= 15 is 0 Å². The number of carbonyl (C=O) groups excluding carboxylic acids is 3. The maximum absolute atomic E-state index is 12.0. The minimum absolute atomic E-state index is 0.0952. The average molecular weight is 551 g/mol. The molecule has 0 heterocycles. The van der Waals surface area contributed by atoms with Crippen molar-refractivity contribution in [2.24, 2.45) is 5.92 Å². The number of aliphatic hydroxyl groups excluding tert-OH is 1. The first kappa shape index (κ1) is 37.0. The highest BCUT2D eigenvalue weighted by atomic mass is 16.6. The first-order valence-electron chi connectivity index (χ1n) is 15.7. The summed E-state index contributed by atoms with van der Waals surface area (Å²) in [6, 6.07) is 0. The summed E-state index contributed by atoms with van der Waals surface area (Å²) in [5.74, 6) is 0.303. The maximum atomic E-state index is 12.0. The standard InChI is InChI=1S/C33H58O6/c1-4-5-17-23-30(35)24-19-14-9-7-6-8-10-15-20-25-32(36)38-28-31(27-34)39-33(37)26-21-16-12-11-13-18-22-29(2)3/h9,14,19,24,29,31,34H,4-8,10-13,15-18,20-23,25-28H2,1-3H3/b14-9-,24-19+/t31-/m0/s1. The fourth-order valence-electron chi connectivity index (χ4n) is 4.19. The van der Waals surface area contributed by atoms with E-state index in [9.17, 15) is 19.5 Å². The Bertz CT molecular complexity index is 667. The summed E-state index contributed by atoms with van der Waals surface area (Å²) in [4.78, 5) is 35.6. The van der Waals surface area contributed by atoms with Crippen molar-refractivity contribution in [1.29, 1.82) is 0 Å². The van der Waals surface area contributed by atoms with Crippen molar-refractivity contribution in [3.8, 4) is 0 Å². The number of allylic oxidation sites excluding steroid dienone is 4. The molecule has 0 aromatic carbocycles. The van der Waals surface area contributed by atoms with Gasteiger partial charge in [0.2, 0.25) is 0 Å². The molecule has 0 spiro atoms. The lowest BCUT2D eigenvalue weighted by molar-refractivity contribution is -0.161. The molecule has 0 radical (unpaired) electrons. The topological polar surface area (TPSA) is 89.9 Å². The van der Waals surface area contributed by atoms with Crippen molar-refractivity contribution in [3.05, 3.63) is 24.3 Å². The molecule has 0 aromatic heterocycles. The third kappa shape index (κ3) is 27.4. The van der Waals surface area contributed by atoms with Crippen LogP contribution >= 0.6 is 0 Å². The molecule has 0 aliphatic rings. The zero-order valence-corrected chi connectivity index (χ0v) is 25.3. The lowest BCUT2D eigenvalue weighted by atomic mass is 10.0. The Labute approximate surface area is 239 Å². The van der Waals surface area contributed by atoms with Crippen molar-refractivity contribution >= 4 is 17.7 Å². The Morgan fingerprint density at radius 1 is 0.718 bits per heavy atom. The molecule has 0 aliphatic carbocycles. The quantitative estimate of drug-likeness (QED) is 0.0480. The van der Waals surface area contributed by atoms with E-state index in [0.717, 1.165) is 83.0 Å². The number of ketones is 1. The SMILES string of the molecule is CCCCCC(=O)/C=C/C=C\CCCCCCCC(=O)OC[C@H](CO)OC(=O)CCCCCCCCC(C)C. The van der Waals surface area contributed by atoms with Crippen molar-refractivity contribution in [2.75, 3.05) is 13.2 Å². The van der Waals surface area contributed by atoms with Gasteiger partial charge in [-0.15, -0.1) is 0 Å². The highest BCUT2D eigenvalue weighted by Crippen LogP contribution is 2.13. The minimum Gasteiger partial charge on any atom is -0.462 e. The van der Waals surface area contributed by atoms with Crippen LogP contribution in [-0.2, 0) is 23.9 Å². The average Bonchev–Trinajstić information content (AvgIpc) is 2.91. The molecule has 0 aliphatic heterocycles. The van der Waals surface area contributed by atoms with Crippen LogP contribution in [0.25, 0.3) is 0 Å². The first-order chi connectivity index (χ1) is 18.9. The van der Waals surface area contributed by atoms with E-state index in [0.29, 0.717) is 19.3 Å². The molecule has 0 saturated carbocycles. The molecule has 226 valence electrons. The zero-order valence-electron chi connectivity index (χ0n) is 25.3. The Kier molecular flexibility index (Phi) is 26.2. The zero-order chi connectivity index (χ0) is 29.0. The Morgan fingerprint density at radius 3 is 1.95 bits per heavy atom. The second kappa shape index (κ2) is 27.6. The van der Waals surface area contributed by atoms with Gasteiger partial charge in [-0.25, -0.2) is 0 Å². The molecule has 0 aromatic rings. The van der Waals surface area contributed by atoms with E-state index in [-0.39, 0.29) is 30.9 Å². The monoisotopic (exact) mass is 550 g/mol. The summed E-state index contributed by atoms with van der Waals surface area (Å²) in [5.41, 5.74) is 0. The summed E-state index contributed by atoms with van der Waals surface area (Å²) >= 11 is 0. The number of carbonyl (C=O) groups is 3. The van der Waals surface area contributed by atoms with Gasteiger partial charge in [-0.3, -0.25) is 14.4 Å². The molecular formula is C33H58O6. The van der Waals surface area contributed by atoms with Gasteiger partial charge in [0, 0.05) is 19.3 Å². The number of rotatable bonds is 27. The predicted molar refractivity (Wildman–Crippen MR) is 159 cm³/mol. The molecule has 0 fully saturated rings. The van der Waals surface area contributed by atoms with Crippen LogP contribution in [0.5, 0.6) is 0 Å². The smallest absolute Gasteiger partial charge is 0.306 e. The van der Waals surface area contributed by atoms with E-state index in [4.69, 9.17) is 9.47 Å². The molecule has 1 N–H and O–H groups in total. The maximum Gasteiger partial charge on any atom is 0.306 e. The summed E-state index contributed by atoms with van der Waals surface area (Å²) in [7, 11) is 0. The third-order valence-electron chi connectivity index (χ3n) is 6.65. The number of esters is 2. The molecule has 0 saturated heterocycles. The van der Waals surface area contributed by atoms with Crippen LogP contribution in [0.15, 0.2) is 24.3 Å². The number of ether oxygens (including phenoxy) is 2. The summed E-state index contributed by atoms with van der Waals surface area (Å²) in [5, 5.41) is 9.46. The van der Waals surface area contributed by atoms with Crippen LogP contribution in [0, 0.1) is 5.92 Å². The van der Waals surface area contributed by atoms with Crippen LogP contribution in [0.2, 0.25) is 0 Å². The Balaban J connectivity index is 3.69. The lowest BCUT2D eigenvalue weighted by Gasteiger charge is -2.15. The molecule has 0 amide bonds. The summed E-state index contributed by atoms with van der Waals surface area (Å²) < 4.78 is 10.5. The molecule has 6 nitrogen and oxygen atoms in total. The Morgan fingerprint density at radius 2 is 1.31 bits per heavy atom. The van der Waals surface area contributed by atoms with Crippen molar-refractivity contribution < 1.29 is 29.0 Å². The lowest BCUT2D eigenvalue weighted by Crippen LogP contribution is -2.28. The second-order valence-corrected chi connectivity index (χ2v) is 11.0. The molecule has 0 unspecified atom stereocenters. The van der Waals surface area contributed by atoms with Gasteiger partial charge in [0.25, 0.3) is 0 Å². The van der Waals surface area contributed by atoms with Gasteiger partial charge in [0.1, 0.15) is 6.61 Å². The fourth-order valence-corrected chi connectivity index (χ4v) is 4.19. The first-order valence-corrected chi connectivity index (χ1v) is 15.7. The molecule has 1 atom stereocenters. The van der Waals surface area contributed by atoms with Crippen LogP contribution in [0.3, 0.4) is 0 Å². The van der Waals surface area contributed by atoms with Gasteiger partial charge in [-0.05, 0) is 44.1 Å². The number of hydrogen-bond acceptors (Lipinski definition) is 6. The third-order valence-corrected chi connectivity index (χ3v) is 6.65. The van der Waals surface area contributed by atoms with Crippen molar-refractivity contribution in [1.82, 2.24) is 0 Å². The van der Waals surface area contributed by atoms with Crippen LogP contribution in [-0.4, -0.2) is 42.1 Å². The molecule has 39 heavy (non-hydrogen) atoms. The summed E-state index contributed by atoms with van der Waals surface area (Å²) in [6.07, 6.45) is 25.1. The van der Waals surface area contributed by atoms with E-state index < -0.39 is 6.10 Å². The largest absolute Gasteiger partial charge is 0.462 e.